The molecule has 7 nitrogen and oxygen atoms in total. The van der Waals surface area contributed by atoms with E-state index in [9.17, 15) is 35.7 Å². The molecule has 49 heavy (non-hydrogen) atoms. The fourth-order valence-corrected chi connectivity index (χ4v) is 9.15. The van der Waals surface area contributed by atoms with E-state index in [2.05, 4.69) is 0 Å². The maximum absolute atomic E-state index is 10.9. The van der Waals surface area contributed by atoms with Crippen molar-refractivity contribution in [3.63, 3.8) is 0 Å². The number of rotatable bonds is 7. The van der Waals surface area contributed by atoms with Crippen molar-refractivity contribution in [2.45, 2.75) is 199 Å². The van der Waals surface area contributed by atoms with E-state index < -0.39 is 61.8 Å². The van der Waals surface area contributed by atoms with E-state index in [1.807, 2.05) is 0 Å². The molecule has 1 aliphatic carbocycles. The van der Waals surface area contributed by atoms with Crippen LogP contribution in [0.15, 0.2) is 0 Å². The Balaban J connectivity index is 2.84. The normalized spacial score (nSPS) is 25.4. The molecule has 1 atom stereocenters. The quantitative estimate of drug-likeness (QED) is 0.141. The van der Waals surface area contributed by atoms with Crippen LogP contribution in [0.2, 0.25) is 0 Å². The van der Waals surface area contributed by atoms with Gasteiger partial charge in [0.15, 0.2) is 0 Å². The van der Waals surface area contributed by atoms with Gasteiger partial charge in [0.1, 0.15) is 0 Å². The average molecular weight is 701 g/mol. The van der Waals surface area contributed by atoms with Gasteiger partial charge in [0.25, 0.3) is 0 Å². The molecule has 1 fully saturated rings. The molecule has 0 heterocycles. The summed E-state index contributed by atoms with van der Waals surface area (Å²) in [6.45, 7) is -3.70. The molecule has 294 valence electrons. The number of hydrogen-bond acceptors (Lipinski definition) is 7. The molecule has 1 saturated carbocycles. The summed E-state index contributed by atoms with van der Waals surface area (Å²) >= 11 is 0. The third-order valence-corrected chi connectivity index (χ3v) is 12.9. The van der Waals surface area contributed by atoms with Gasteiger partial charge in [-0.25, -0.2) is 0 Å². The van der Waals surface area contributed by atoms with Gasteiger partial charge >= 0.3 is 0 Å². The van der Waals surface area contributed by atoms with Gasteiger partial charge in [-0.15, -0.1) is 0 Å². The third-order valence-electron chi connectivity index (χ3n) is 12.9. The molecular formula is C42H84O7. The molecule has 0 aliphatic heterocycles. The van der Waals surface area contributed by atoms with Crippen LogP contribution in [-0.2, 0) is 0 Å². The Kier molecular flexibility index (Phi) is 28.8. The largest absolute Gasteiger partial charge is 0.396 e. The third kappa shape index (κ3) is 16.1. The second kappa shape index (κ2) is 30.2. The first-order valence-corrected chi connectivity index (χ1v) is 21.3. The summed E-state index contributed by atoms with van der Waals surface area (Å²) < 4.78 is 0. The molecule has 1 rings (SSSR count). The summed E-state index contributed by atoms with van der Waals surface area (Å²) in [5, 5.41) is 75.8. The van der Waals surface area contributed by atoms with Crippen LogP contribution < -0.4 is 0 Å². The molecule has 0 aromatic carbocycles. The molecule has 7 N–H and O–H groups in total. The minimum Gasteiger partial charge on any atom is -0.396 e. The van der Waals surface area contributed by atoms with Gasteiger partial charge in [0.2, 0.25) is 0 Å². The van der Waals surface area contributed by atoms with Crippen LogP contribution in [0.5, 0.6) is 0 Å². The second-order valence-electron chi connectivity index (χ2n) is 16.1. The molecule has 0 radical (unpaired) electrons. The Bertz CT molecular complexity index is 705. The number of aliphatic hydroxyl groups excluding tert-OH is 7. The lowest BCUT2D eigenvalue weighted by molar-refractivity contribution is -0.234. The van der Waals surface area contributed by atoms with Gasteiger partial charge in [0, 0.05) is 22.9 Å². The van der Waals surface area contributed by atoms with E-state index in [1.54, 1.807) is 0 Å². The van der Waals surface area contributed by atoms with Gasteiger partial charge in [-0.05, 0) is 18.8 Å². The summed E-state index contributed by atoms with van der Waals surface area (Å²) in [7, 11) is 0. The van der Waals surface area contributed by atoms with Crippen molar-refractivity contribution < 1.29 is 35.7 Å². The van der Waals surface area contributed by atoms with Crippen LogP contribution in [0.1, 0.15) is 199 Å². The van der Waals surface area contributed by atoms with E-state index in [0.29, 0.717) is 19.3 Å². The number of aliphatic hydroxyl groups is 7. The first-order valence-electron chi connectivity index (χ1n) is 21.3. The van der Waals surface area contributed by atoms with Crippen LogP contribution in [0.25, 0.3) is 0 Å². The fourth-order valence-electron chi connectivity index (χ4n) is 9.15. The van der Waals surface area contributed by atoms with Crippen molar-refractivity contribution in [1.82, 2.24) is 0 Å². The maximum Gasteiger partial charge on any atom is 0.0523 e. The molecule has 0 aromatic rings. The molecular weight excluding hydrogens is 616 g/mol. The summed E-state index contributed by atoms with van der Waals surface area (Å²) in [6.07, 6.45) is 37.0. The first-order chi connectivity index (χ1) is 24.0. The van der Waals surface area contributed by atoms with E-state index in [4.69, 9.17) is 0 Å². The highest BCUT2D eigenvalue weighted by atomic mass is 16.3. The van der Waals surface area contributed by atoms with E-state index in [-0.39, 0.29) is 6.61 Å². The predicted octanol–water partition coefficient (Wildman–Crippen LogP) is 8.61. The monoisotopic (exact) mass is 701 g/mol. The zero-order chi connectivity index (χ0) is 35.9. The van der Waals surface area contributed by atoms with Crippen LogP contribution >= 0.6 is 0 Å². The van der Waals surface area contributed by atoms with Crippen molar-refractivity contribution in [1.29, 1.82) is 0 Å². The predicted molar refractivity (Wildman–Crippen MR) is 204 cm³/mol. The molecule has 0 spiro atoms. The van der Waals surface area contributed by atoms with Gasteiger partial charge < -0.3 is 35.7 Å². The molecule has 0 amide bonds. The van der Waals surface area contributed by atoms with Crippen LogP contribution in [0.4, 0.5) is 0 Å². The van der Waals surface area contributed by atoms with Crippen LogP contribution in [0, 0.1) is 22.2 Å². The molecule has 0 saturated heterocycles. The Labute approximate surface area is 302 Å². The fraction of sp³-hybridized carbons (Fsp3) is 1.00. The minimum atomic E-state index is -1.59. The zero-order valence-electron chi connectivity index (χ0n) is 32.1. The van der Waals surface area contributed by atoms with Crippen LogP contribution in [-0.4, -0.2) is 82.0 Å². The van der Waals surface area contributed by atoms with Crippen molar-refractivity contribution in [2.24, 2.45) is 22.2 Å². The van der Waals surface area contributed by atoms with Crippen molar-refractivity contribution in [2.75, 3.05) is 46.2 Å². The Morgan fingerprint density at radius 1 is 0.306 bits per heavy atom. The highest BCUT2D eigenvalue weighted by Gasteiger charge is 2.63. The molecule has 1 aliphatic rings. The average Bonchev–Trinajstić information content (AvgIpc) is 3.13. The van der Waals surface area contributed by atoms with Crippen molar-refractivity contribution in [3.8, 4) is 0 Å². The smallest absolute Gasteiger partial charge is 0.0523 e. The second-order valence-corrected chi connectivity index (χ2v) is 16.1. The topological polar surface area (TPSA) is 142 Å². The molecule has 7 heteroatoms. The van der Waals surface area contributed by atoms with Gasteiger partial charge in [-0.3, -0.25) is 0 Å². The van der Waals surface area contributed by atoms with Crippen molar-refractivity contribution in [3.05, 3.63) is 0 Å². The highest BCUT2D eigenvalue weighted by Crippen LogP contribution is 2.57. The SMILES string of the molecule is OCC1CCCCCCCCCCCCCCCCCCCCCCCCCCCCCCCC(CO)(CO)C(CO)(CO)C1(CO)CO. The molecule has 1 unspecified atom stereocenters. The van der Waals surface area contributed by atoms with E-state index >= 15 is 0 Å². The lowest BCUT2D eigenvalue weighted by Gasteiger charge is -2.59. The van der Waals surface area contributed by atoms with E-state index in [1.165, 1.54) is 141 Å². The summed E-state index contributed by atoms with van der Waals surface area (Å²) in [6, 6.07) is 0. The highest BCUT2D eigenvalue weighted by molar-refractivity contribution is 5.10. The number of hydrogen-bond donors (Lipinski definition) is 7. The van der Waals surface area contributed by atoms with E-state index in [0.717, 1.165) is 38.5 Å². The zero-order valence-corrected chi connectivity index (χ0v) is 32.1. The summed E-state index contributed by atoms with van der Waals surface area (Å²) in [5.74, 6) is -0.605. The van der Waals surface area contributed by atoms with Gasteiger partial charge in [-0.2, -0.15) is 0 Å². The Morgan fingerprint density at radius 2 is 0.571 bits per heavy atom. The summed E-state index contributed by atoms with van der Waals surface area (Å²) in [5.41, 5.74) is -4.39. The lowest BCUT2D eigenvalue weighted by Crippen LogP contribution is -2.66. The molecule has 0 bridgehead atoms. The minimum absolute atomic E-state index is 0.324. The first kappa shape index (κ1) is 46.7. The Hall–Kier alpha value is -0.280. The molecule has 0 aromatic heterocycles. The maximum atomic E-state index is 10.9. The Morgan fingerprint density at radius 3 is 0.796 bits per heavy atom. The van der Waals surface area contributed by atoms with Crippen molar-refractivity contribution >= 4 is 0 Å². The standard InChI is InChI=1S/C42H84O7/c43-32-39-30-28-26-24-22-20-18-16-14-12-10-8-6-4-2-1-3-5-7-9-11-13-15-17-19-21-23-25-27-29-31-40(33-44,34-45)42(37-48,38-49)41(39,35-46)36-47/h39,43-49H,1-38H2. The van der Waals surface area contributed by atoms with Gasteiger partial charge in [-0.1, -0.05) is 186 Å². The van der Waals surface area contributed by atoms with Gasteiger partial charge in [0.05, 0.1) is 39.6 Å². The summed E-state index contributed by atoms with van der Waals surface area (Å²) in [4.78, 5) is 0. The van der Waals surface area contributed by atoms with Crippen LogP contribution in [0.3, 0.4) is 0 Å². The lowest BCUT2D eigenvalue weighted by atomic mass is 9.46.